The third-order valence-electron chi connectivity index (χ3n) is 3.41. The molecule has 0 amide bonds. The van der Waals surface area contributed by atoms with Crippen molar-refractivity contribution in [3.63, 3.8) is 0 Å². The Morgan fingerprint density at radius 1 is 1.05 bits per heavy atom. The third kappa shape index (κ3) is 2.81. The van der Waals surface area contributed by atoms with Crippen LogP contribution in [0.15, 0.2) is 12.1 Å². The Morgan fingerprint density at radius 2 is 1.71 bits per heavy atom. The van der Waals surface area contributed by atoms with Gasteiger partial charge in [0.25, 0.3) is 0 Å². The van der Waals surface area contributed by atoms with E-state index in [4.69, 9.17) is 0 Å². The van der Waals surface area contributed by atoms with Gasteiger partial charge in [0.15, 0.2) is 17.5 Å². The molecule has 0 radical (unpaired) electrons. The minimum Gasteiger partial charge on any atom is -0.316 e. The summed E-state index contributed by atoms with van der Waals surface area (Å²) in [4.78, 5) is 0. The monoisotopic (exact) mass is 297 g/mol. The van der Waals surface area contributed by atoms with Crippen molar-refractivity contribution >= 4 is 0 Å². The molecule has 0 aliphatic rings. The molecule has 0 aliphatic heterocycles. The first-order valence-corrected chi connectivity index (χ1v) is 6.92. The fourth-order valence-electron chi connectivity index (χ4n) is 2.44. The van der Waals surface area contributed by atoms with Gasteiger partial charge in [-0.1, -0.05) is 13.8 Å². The second-order valence-electron chi connectivity index (χ2n) is 4.74. The largest absolute Gasteiger partial charge is 0.316 e. The average molecular weight is 297 g/mol. The van der Waals surface area contributed by atoms with E-state index in [-0.39, 0.29) is 5.69 Å². The van der Waals surface area contributed by atoms with Gasteiger partial charge in [-0.2, -0.15) is 5.10 Å². The Hall–Kier alpha value is -1.82. The molecule has 0 saturated carbocycles. The summed E-state index contributed by atoms with van der Waals surface area (Å²) in [6, 6.07) is 1.40. The van der Waals surface area contributed by atoms with Gasteiger partial charge in [-0.3, -0.25) is 0 Å². The maximum absolute atomic E-state index is 14.0. The van der Waals surface area contributed by atoms with Crippen LogP contribution in [-0.2, 0) is 19.4 Å². The molecule has 1 aromatic carbocycles. The maximum Gasteiger partial charge on any atom is 0.161 e. The molecule has 0 atom stereocenters. The molecule has 6 heteroatoms. The second kappa shape index (κ2) is 6.30. The van der Waals surface area contributed by atoms with Crippen LogP contribution < -0.4 is 5.32 Å². The molecule has 21 heavy (non-hydrogen) atoms. The molecule has 1 aromatic heterocycles. The number of halogens is 3. The van der Waals surface area contributed by atoms with Crippen LogP contribution >= 0.6 is 0 Å². The molecule has 1 N–H and O–H groups in total. The summed E-state index contributed by atoms with van der Waals surface area (Å²) < 4.78 is 41.9. The van der Waals surface area contributed by atoms with Crippen LogP contribution in [-0.4, -0.2) is 16.8 Å². The molecule has 0 fully saturated rings. The first-order chi connectivity index (χ1) is 10.0. The van der Waals surface area contributed by atoms with E-state index in [9.17, 15) is 13.2 Å². The fourth-order valence-corrected chi connectivity index (χ4v) is 2.44. The summed E-state index contributed by atoms with van der Waals surface area (Å²) in [6.45, 7) is 4.47. The quantitative estimate of drug-likeness (QED) is 0.859. The Bertz CT molecular complexity index is 650. The highest BCUT2D eigenvalue weighted by molar-refractivity contribution is 5.39. The van der Waals surface area contributed by atoms with E-state index in [1.165, 1.54) is 4.68 Å². The number of nitrogens with zero attached hydrogens (tertiary/aromatic N) is 2. The third-order valence-corrected chi connectivity index (χ3v) is 3.41. The number of aromatic nitrogens is 2. The SMILES string of the molecule is CCc1nn(-c2cc(F)c(F)cc2F)c(CC)c1CNC. The van der Waals surface area contributed by atoms with Crippen LogP contribution in [0.3, 0.4) is 0 Å². The van der Waals surface area contributed by atoms with Gasteiger partial charge in [0.1, 0.15) is 5.69 Å². The standard InChI is InChI=1S/C15H18F3N3/c1-4-13-9(8-19-3)14(5-2)21(20-13)15-7-11(17)10(16)6-12(15)18/h6-7,19H,4-5,8H2,1-3H3. The van der Waals surface area contributed by atoms with Gasteiger partial charge in [0.05, 0.1) is 5.69 Å². The van der Waals surface area contributed by atoms with E-state index < -0.39 is 17.5 Å². The van der Waals surface area contributed by atoms with E-state index in [0.29, 0.717) is 25.5 Å². The summed E-state index contributed by atoms with van der Waals surface area (Å²) in [6.07, 6.45) is 1.30. The van der Waals surface area contributed by atoms with E-state index in [1.54, 1.807) is 0 Å². The van der Waals surface area contributed by atoms with Crippen molar-refractivity contribution < 1.29 is 13.2 Å². The second-order valence-corrected chi connectivity index (χ2v) is 4.74. The first kappa shape index (κ1) is 15.6. The zero-order valence-electron chi connectivity index (χ0n) is 12.3. The lowest BCUT2D eigenvalue weighted by molar-refractivity contribution is 0.490. The molecule has 1 heterocycles. The molecule has 0 bridgehead atoms. The lowest BCUT2D eigenvalue weighted by Gasteiger charge is -2.09. The smallest absolute Gasteiger partial charge is 0.161 e. The topological polar surface area (TPSA) is 29.9 Å². The first-order valence-electron chi connectivity index (χ1n) is 6.92. The van der Waals surface area contributed by atoms with Gasteiger partial charge in [0.2, 0.25) is 0 Å². The van der Waals surface area contributed by atoms with Crippen molar-refractivity contribution in [1.29, 1.82) is 0 Å². The molecular weight excluding hydrogens is 279 g/mol. The zero-order chi connectivity index (χ0) is 15.6. The predicted molar refractivity (Wildman–Crippen MR) is 75.0 cm³/mol. The van der Waals surface area contributed by atoms with Gasteiger partial charge in [-0.15, -0.1) is 0 Å². The van der Waals surface area contributed by atoms with Crippen LogP contribution in [0.2, 0.25) is 0 Å². The van der Waals surface area contributed by atoms with Crippen molar-refractivity contribution in [1.82, 2.24) is 15.1 Å². The average Bonchev–Trinajstić information content (AvgIpc) is 2.81. The zero-order valence-corrected chi connectivity index (χ0v) is 12.3. The number of hydrogen-bond donors (Lipinski definition) is 1. The lowest BCUT2D eigenvalue weighted by Crippen LogP contribution is -2.10. The highest BCUT2D eigenvalue weighted by Crippen LogP contribution is 2.24. The molecule has 114 valence electrons. The van der Waals surface area contributed by atoms with Gasteiger partial charge < -0.3 is 5.32 Å². The molecule has 0 spiro atoms. The Morgan fingerprint density at radius 3 is 2.29 bits per heavy atom. The lowest BCUT2D eigenvalue weighted by atomic mass is 10.1. The van der Waals surface area contributed by atoms with Gasteiger partial charge >= 0.3 is 0 Å². The van der Waals surface area contributed by atoms with E-state index >= 15 is 0 Å². The van der Waals surface area contributed by atoms with E-state index in [1.807, 2.05) is 20.9 Å². The summed E-state index contributed by atoms with van der Waals surface area (Å²) in [5, 5.41) is 7.42. The summed E-state index contributed by atoms with van der Waals surface area (Å²) in [5.74, 6) is -3.12. The number of aryl methyl sites for hydroxylation is 1. The molecule has 3 nitrogen and oxygen atoms in total. The van der Waals surface area contributed by atoms with Crippen LogP contribution in [0.25, 0.3) is 5.69 Å². The minimum absolute atomic E-state index is 0.0668. The van der Waals surface area contributed by atoms with Crippen molar-refractivity contribution in [2.45, 2.75) is 33.2 Å². The van der Waals surface area contributed by atoms with Crippen molar-refractivity contribution in [3.05, 3.63) is 46.5 Å². The summed E-state index contributed by atoms with van der Waals surface area (Å²) in [7, 11) is 1.81. The Labute approximate surface area is 121 Å². The Balaban J connectivity index is 2.66. The summed E-state index contributed by atoms with van der Waals surface area (Å²) in [5.41, 5.74) is 2.53. The van der Waals surface area contributed by atoms with Crippen molar-refractivity contribution in [2.24, 2.45) is 0 Å². The highest BCUT2D eigenvalue weighted by atomic mass is 19.2. The van der Waals surface area contributed by atoms with Crippen LogP contribution in [0.5, 0.6) is 0 Å². The van der Waals surface area contributed by atoms with Gasteiger partial charge in [0, 0.05) is 29.9 Å². The van der Waals surface area contributed by atoms with Crippen molar-refractivity contribution in [3.8, 4) is 5.69 Å². The normalized spacial score (nSPS) is 11.1. The van der Waals surface area contributed by atoms with E-state index in [0.717, 1.165) is 23.0 Å². The molecule has 2 aromatic rings. The predicted octanol–water partition coefficient (Wildman–Crippen LogP) is 3.13. The number of nitrogens with one attached hydrogen (secondary N) is 1. The molecule has 2 rings (SSSR count). The van der Waals surface area contributed by atoms with Gasteiger partial charge in [-0.25, -0.2) is 17.9 Å². The van der Waals surface area contributed by atoms with Crippen molar-refractivity contribution in [2.75, 3.05) is 7.05 Å². The fraction of sp³-hybridized carbons (Fsp3) is 0.400. The Kier molecular flexibility index (Phi) is 4.67. The number of rotatable bonds is 5. The van der Waals surface area contributed by atoms with Gasteiger partial charge in [-0.05, 0) is 19.9 Å². The molecular formula is C15H18F3N3. The molecule has 0 unspecified atom stereocenters. The number of hydrogen-bond acceptors (Lipinski definition) is 2. The summed E-state index contributed by atoms with van der Waals surface area (Å²) >= 11 is 0. The maximum atomic E-state index is 14.0. The molecule has 0 aliphatic carbocycles. The van der Waals surface area contributed by atoms with Crippen LogP contribution in [0.1, 0.15) is 30.8 Å². The minimum atomic E-state index is -1.20. The highest BCUT2D eigenvalue weighted by Gasteiger charge is 2.19. The number of benzene rings is 1. The molecule has 0 saturated heterocycles. The van der Waals surface area contributed by atoms with E-state index in [2.05, 4.69) is 10.4 Å². The van der Waals surface area contributed by atoms with Crippen LogP contribution in [0, 0.1) is 17.5 Å². The van der Waals surface area contributed by atoms with Crippen LogP contribution in [0.4, 0.5) is 13.2 Å².